The molecule has 1 aromatic heterocycles. The van der Waals surface area contributed by atoms with Crippen LogP contribution in [0.15, 0.2) is 77.8 Å². The second kappa shape index (κ2) is 9.73. The second-order valence-electron chi connectivity index (χ2n) is 6.90. The SMILES string of the molecule is CCOCCn1c(=NC(=O)c2ccc(-c3ccccc3)cc2)sc2cccc(OC)c21. The number of hydrogen-bond acceptors (Lipinski definition) is 4. The number of benzene rings is 3. The lowest BCUT2D eigenvalue weighted by Crippen LogP contribution is -2.20. The van der Waals surface area contributed by atoms with Gasteiger partial charge in [-0.15, -0.1) is 0 Å². The Bertz CT molecular complexity index is 1240. The summed E-state index contributed by atoms with van der Waals surface area (Å²) in [5.41, 5.74) is 3.67. The summed E-state index contributed by atoms with van der Waals surface area (Å²) in [6.45, 7) is 3.73. The van der Waals surface area contributed by atoms with Gasteiger partial charge in [0.2, 0.25) is 0 Å². The van der Waals surface area contributed by atoms with Crippen molar-refractivity contribution in [2.24, 2.45) is 4.99 Å². The highest BCUT2D eigenvalue weighted by molar-refractivity contribution is 7.16. The molecule has 0 saturated carbocycles. The van der Waals surface area contributed by atoms with Crippen molar-refractivity contribution in [3.05, 3.63) is 83.2 Å². The highest BCUT2D eigenvalue weighted by Crippen LogP contribution is 2.27. The summed E-state index contributed by atoms with van der Waals surface area (Å²) in [6.07, 6.45) is 0. The van der Waals surface area contributed by atoms with Crippen LogP contribution >= 0.6 is 11.3 Å². The van der Waals surface area contributed by atoms with Crippen LogP contribution in [0.25, 0.3) is 21.3 Å². The molecule has 6 heteroatoms. The number of para-hydroxylation sites is 1. The number of rotatable bonds is 7. The molecule has 0 aliphatic carbocycles. The fourth-order valence-electron chi connectivity index (χ4n) is 3.44. The van der Waals surface area contributed by atoms with Crippen molar-refractivity contribution >= 4 is 27.5 Å². The van der Waals surface area contributed by atoms with E-state index in [-0.39, 0.29) is 5.91 Å². The summed E-state index contributed by atoms with van der Waals surface area (Å²) >= 11 is 1.47. The number of methoxy groups -OCH3 is 1. The van der Waals surface area contributed by atoms with E-state index in [9.17, 15) is 4.79 Å². The highest BCUT2D eigenvalue weighted by Gasteiger charge is 2.13. The van der Waals surface area contributed by atoms with Crippen LogP contribution in [0.3, 0.4) is 0 Å². The first-order valence-corrected chi connectivity index (χ1v) is 11.0. The van der Waals surface area contributed by atoms with E-state index in [1.807, 2.05) is 84.3 Å². The lowest BCUT2D eigenvalue weighted by molar-refractivity contribution is 0.0996. The molecule has 3 aromatic carbocycles. The third-order valence-electron chi connectivity index (χ3n) is 4.98. The average molecular weight is 433 g/mol. The standard InChI is InChI=1S/C25H24N2O3S/c1-3-30-17-16-27-23-21(29-2)10-7-11-22(23)31-25(27)26-24(28)20-14-12-19(13-15-20)18-8-5-4-6-9-18/h4-15H,3,16-17H2,1-2H3. The van der Waals surface area contributed by atoms with Crippen molar-refractivity contribution < 1.29 is 14.3 Å². The number of aromatic nitrogens is 1. The normalized spacial score (nSPS) is 11.7. The minimum absolute atomic E-state index is 0.268. The fourth-order valence-corrected chi connectivity index (χ4v) is 4.51. The molecule has 5 nitrogen and oxygen atoms in total. The van der Waals surface area contributed by atoms with Gasteiger partial charge in [-0.3, -0.25) is 4.79 Å². The number of carbonyl (C=O) groups excluding carboxylic acids is 1. The number of hydrogen-bond donors (Lipinski definition) is 0. The fraction of sp³-hybridized carbons (Fsp3) is 0.200. The maximum Gasteiger partial charge on any atom is 0.279 e. The van der Waals surface area contributed by atoms with Crippen LogP contribution in [-0.2, 0) is 11.3 Å². The summed E-state index contributed by atoms with van der Waals surface area (Å²) < 4.78 is 14.1. The number of carbonyl (C=O) groups is 1. The Hall–Kier alpha value is -3.22. The molecule has 0 fully saturated rings. The second-order valence-corrected chi connectivity index (χ2v) is 7.91. The van der Waals surface area contributed by atoms with E-state index in [1.54, 1.807) is 7.11 Å². The maximum absolute atomic E-state index is 12.9. The first-order chi connectivity index (χ1) is 15.2. The Labute approximate surface area is 185 Å². The molecule has 31 heavy (non-hydrogen) atoms. The van der Waals surface area contributed by atoms with Gasteiger partial charge in [0.1, 0.15) is 11.3 Å². The van der Waals surface area contributed by atoms with E-state index in [2.05, 4.69) is 4.99 Å². The van der Waals surface area contributed by atoms with Crippen LogP contribution in [0.5, 0.6) is 5.75 Å². The predicted octanol–water partition coefficient (Wildman–Crippen LogP) is 5.16. The quantitative estimate of drug-likeness (QED) is 0.379. The summed E-state index contributed by atoms with van der Waals surface area (Å²) in [6, 6.07) is 23.5. The highest BCUT2D eigenvalue weighted by atomic mass is 32.1. The lowest BCUT2D eigenvalue weighted by atomic mass is 10.0. The number of nitrogens with zero attached hydrogens (tertiary/aromatic N) is 2. The molecule has 4 aromatic rings. The molecule has 0 unspecified atom stereocenters. The number of amides is 1. The summed E-state index contributed by atoms with van der Waals surface area (Å²) in [5.74, 6) is 0.488. The Kier molecular flexibility index (Phi) is 6.60. The van der Waals surface area contributed by atoms with Crippen LogP contribution in [0, 0.1) is 0 Å². The minimum atomic E-state index is -0.268. The van der Waals surface area contributed by atoms with Crippen LogP contribution < -0.4 is 9.54 Å². The number of fused-ring (bicyclic) bond motifs is 1. The smallest absolute Gasteiger partial charge is 0.279 e. The molecule has 0 N–H and O–H groups in total. The number of ether oxygens (including phenoxy) is 2. The monoisotopic (exact) mass is 432 g/mol. The first-order valence-electron chi connectivity index (χ1n) is 10.2. The van der Waals surface area contributed by atoms with Gasteiger partial charge < -0.3 is 14.0 Å². The van der Waals surface area contributed by atoms with Gasteiger partial charge in [-0.05, 0) is 42.3 Å². The molecule has 1 amide bonds. The Balaban J connectivity index is 1.71. The topological polar surface area (TPSA) is 52.8 Å². The van der Waals surface area contributed by atoms with E-state index >= 15 is 0 Å². The van der Waals surface area contributed by atoms with E-state index in [1.165, 1.54) is 11.3 Å². The number of thiazole rings is 1. The molecule has 0 atom stereocenters. The Morgan fingerprint density at radius 1 is 0.968 bits per heavy atom. The lowest BCUT2D eigenvalue weighted by Gasteiger charge is -2.08. The molecule has 1 heterocycles. The van der Waals surface area contributed by atoms with Crippen molar-refractivity contribution in [1.29, 1.82) is 0 Å². The van der Waals surface area contributed by atoms with E-state index in [4.69, 9.17) is 9.47 Å². The molecular weight excluding hydrogens is 408 g/mol. The maximum atomic E-state index is 12.9. The zero-order valence-corrected chi connectivity index (χ0v) is 18.4. The molecule has 0 spiro atoms. The van der Waals surface area contributed by atoms with Crippen molar-refractivity contribution in [2.75, 3.05) is 20.3 Å². The molecule has 0 saturated heterocycles. The van der Waals surface area contributed by atoms with Gasteiger partial charge in [0.15, 0.2) is 4.80 Å². The van der Waals surface area contributed by atoms with Crippen molar-refractivity contribution in [3.63, 3.8) is 0 Å². The largest absolute Gasteiger partial charge is 0.495 e. The van der Waals surface area contributed by atoms with Crippen LogP contribution in [-0.4, -0.2) is 30.8 Å². The van der Waals surface area contributed by atoms with E-state index in [0.717, 1.165) is 27.1 Å². The minimum Gasteiger partial charge on any atom is -0.495 e. The molecule has 0 aliphatic heterocycles. The zero-order chi connectivity index (χ0) is 21.6. The van der Waals surface area contributed by atoms with Gasteiger partial charge in [0.05, 0.1) is 18.4 Å². The zero-order valence-electron chi connectivity index (χ0n) is 17.6. The van der Waals surface area contributed by atoms with Crippen LogP contribution in [0.1, 0.15) is 17.3 Å². The third-order valence-corrected chi connectivity index (χ3v) is 6.03. The van der Waals surface area contributed by atoms with E-state index in [0.29, 0.717) is 30.1 Å². The van der Waals surface area contributed by atoms with E-state index < -0.39 is 0 Å². The summed E-state index contributed by atoms with van der Waals surface area (Å²) in [4.78, 5) is 18.0. The van der Waals surface area contributed by atoms with Gasteiger partial charge in [0, 0.05) is 18.7 Å². The van der Waals surface area contributed by atoms with Crippen molar-refractivity contribution in [1.82, 2.24) is 4.57 Å². The summed E-state index contributed by atoms with van der Waals surface area (Å²) in [7, 11) is 1.65. The molecule has 0 aliphatic rings. The molecular formula is C25H24N2O3S. The van der Waals surface area contributed by atoms with Gasteiger partial charge in [-0.1, -0.05) is 59.9 Å². The van der Waals surface area contributed by atoms with Crippen molar-refractivity contribution in [3.8, 4) is 16.9 Å². The van der Waals surface area contributed by atoms with Gasteiger partial charge >= 0.3 is 0 Å². The van der Waals surface area contributed by atoms with Crippen LogP contribution in [0.4, 0.5) is 0 Å². The predicted molar refractivity (Wildman–Crippen MR) is 125 cm³/mol. The molecule has 4 rings (SSSR count). The molecule has 0 radical (unpaired) electrons. The Morgan fingerprint density at radius 3 is 2.42 bits per heavy atom. The molecule has 158 valence electrons. The molecule has 0 bridgehead atoms. The Morgan fingerprint density at radius 2 is 1.71 bits per heavy atom. The summed E-state index contributed by atoms with van der Waals surface area (Å²) in [5, 5.41) is 0. The first kappa shape index (κ1) is 21.0. The van der Waals surface area contributed by atoms with Crippen molar-refractivity contribution in [2.45, 2.75) is 13.5 Å². The van der Waals surface area contributed by atoms with Gasteiger partial charge in [-0.2, -0.15) is 4.99 Å². The average Bonchev–Trinajstić information content (AvgIpc) is 3.17. The third kappa shape index (κ3) is 4.60. The van der Waals surface area contributed by atoms with Gasteiger partial charge in [0.25, 0.3) is 5.91 Å². The van der Waals surface area contributed by atoms with Crippen LogP contribution in [0.2, 0.25) is 0 Å². The van der Waals surface area contributed by atoms with Gasteiger partial charge in [-0.25, -0.2) is 0 Å².